The molecule has 100 valence electrons. The van der Waals surface area contributed by atoms with Crippen LogP contribution < -0.4 is 0 Å². The van der Waals surface area contributed by atoms with E-state index in [0.29, 0.717) is 0 Å². The molecular weight excluding hydrogens is 204 g/mol. The maximum absolute atomic E-state index is 3.66. The molecule has 0 nitrogen and oxygen atoms in total. The highest BCUT2D eigenvalue weighted by Crippen LogP contribution is 2.01. The maximum atomic E-state index is 3.66. The fraction of sp³-hybridized carbons (Fsp3) is 0.647. The molecule has 0 aliphatic rings. The number of hydrogen-bond donors (Lipinski definition) is 0. The van der Waals surface area contributed by atoms with Crippen LogP contribution in [0.5, 0.6) is 0 Å². The summed E-state index contributed by atoms with van der Waals surface area (Å²) in [5, 5.41) is 0. The number of hydrogen-bond acceptors (Lipinski definition) is 0. The van der Waals surface area contributed by atoms with E-state index in [1.54, 1.807) is 0 Å². The lowest BCUT2D eigenvalue weighted by Gasteiger charge is -1.91. The average molecular weight is 236 g/mol. The Labute approximate surface area is 110 Å². The first-order valence-corrected chi connectivity index (χ1v) is 7.04. The molecule has 0 saturated carbocycles. The fourth-order valence-electron chi connectivity index (χ4n) is 1.37. The molecule has 17 heavy (non-hydrogen) atoms. The van der Waals surface area contributed by atoms with Gasteiger partial charge in [0.25, 0.3) is 0 Å². The van der Waals surface area contributed by atoms with Gasteiger partial charge >= 0.3 is 0 Å². The summed E-state index contributed by atoms with van der Waals surface area (Å²) >= 11 is 0. The van der Waals surface area contributed by atoms with Crippen molar-refractivity contribution < 1.29 is 0 Å². The van der Waals surface area contributed by atoms with E-state index in [2.05, 4.69) is 40.0 Å². The molecular formula is C17H32. The molecule has 0 atom stereocenters. The third kappa shape index (κ3) is 25.5. The highest BCUT2D eigenvalue weighted by atomic mass is 13.9. The smallest absolute Gasteiger partial charge is 0.0345 e. The summed E-state index contributed by atoms with van der Waals surface area (Å²) < 4.78 is 0. The quantitative estimate of drug-likeness (QED) is 0.319. The van der Waals surface area contributed by atoms with Crippen LogP contribution in [0, 0.1) is 0 Å². The van der Waals surface area contributed by atoms with Gasteiger partial charge in [0.2, 0.25) is 0 Å². The first-order valence-electron chi connectivity index (χ1n) is 7.04. The first-order chi connectivity index (χ1) is 8.18. The summed E-state index contributed by atoms with van der Waals surface area (Å²) in [6.45, 7) is 13.8. The highest BCUT2D eigenvalue weighted by molar-refractivity contribution is 4.92. The zero-order chi connectivity index (χ0) is 13.4. The molecule has 0 aromatic heterocycles. The van der Waals surface area contributed by atoms with Crippen LogP contribution in [-0.4, -0.2) is 0 Å². The van der Waals surface area contributed by atoms with Crippen molar-refractivity contribution in [3.05, 3.63) is 37.0 Å². The molecule has 0 aliphatic heterocycles. The molecule has 0 aliphatic carbocycles. The molecule has 0 aromatic rings. The molecule has 0 radical (unpaired) electrons. The molecule has 0 N–H and O–H groups in total. The Morgan fingerprint density at radius 2 is 1.41 bits per heavy atom. The van der Waals surface area contributed by atoms with Crippen molar-refractivity contribution in [2.75, 3.05) is 0 Å². The van der Waals surface area contributed by atoms with Crippen molar-refractivity contribution in [1.82, 2.24) is 0 Å². The number of allylic oxidation sites excluding steroid dienone is 4. The van der Waals surface area contributed by atoms with Crippen LogP contribution in [0.15, 0.2) is 37.0 Å². The summed E-state index contributed by atoms with van der Waals surface area (Å²) in [4.78, 5) is 0. The minimum atomic E-state index is 1.14. The zero-order valence-electron chi connectivity index (χ0n) is 12.3. The normalized spacial score (nSPS) is 8.88. The summed E-state index contributed by atoms with van der Waals surface area (Å²) in [5.41, 5.74) is 1.42. The van der Waals surface area contributed by atoms with E-state index in [4.69, 9.17) is 0 Å². The van der Waals surface area contributed by atoms with E-state index in [1.165, 1.54) is 50.5 Å². The lowest BCUT2D eigenvalue weighted by Crippen LogP contribution is -1.71. The van der Waals surface area contributed by atoms with E-state index in [1.807, 2.05) is 12.2 Å². The lowest BCUT2D eigenvalue weighted by atomic mass is 10.2. The molecule has 0 saturated heterocycles. The van der Waals surface area contributed by atoms with Gasteiger partial charge in [0.05, 0.1) is 0 Å². The molecule has 0 bridgehead atoms. The van der Waals surface area contributed by atoms with Gasteiger partial charge in [-0.1, -0.05) is 50.0 Å². The van der Waals surface area contributed by atoms with Gasteiger partial charge in [-0.25, -0.2) is 0 Å². The zero-order valence-corrected chi connectivity index (χ0v) is 12.3. The van der Waals surface area contributed by atoms with Gasteiger partial charge in [0.1, 0.15) is 0 Å². The van der Waals surface area contributed by atoms with Crippen LogP contribution in [0.1, 0.15) is 72.1 Å². The number of rotatable bonds is 9. The molecule has 0 unspecified atom stereocenters. The second-order valence-corrected chi connectivity index (χ2v) is 4.64. The van der Waals surface area contributed by atoms with Gasteiger partial charge in [-0.15, -0.1) is 13.2 Å². The van der Waals surface area contributed by atoms with Gasteiger partial charge in [-0.05, 0) is 46.0 Å². The molecule has 0 aromatic carbocycles. The van der Waals surface area contributed by atoms with E-state index in [0.717, 1.165) is 6.42 Å². The minimum Gasteiger partial charge on any atom is -0.103 e. The fourth-order valence-corrected chi connectivity index (χ4v) is 1.37. The average Bonchev–Trinajstić information content (AvgIpc) is 2.31. The molecule has 0 spiro atoms. The second kappa shape index (κ2) is 17.6. The Bertz CT molecular complexity index is 182. The molecule has 0 heteroatoms. The molecule has 0 fully saturated rings. The molecule has 0 rings (SSSR count). The van der Waals surface area contributed by atoms with Crippen molar-refractivity contribution in [1.29, 1.82) is 0 Å². The minimum absolute atomic E-state index is 1.14. The van der Waals surface area contributed by atoms with Crippen LogP contribution in [0.25, 0.3) is 0 Å². The van der Waals surface area contributed by atoms with Crippen molar-refractivity contribution in [3.8, 4) is 0 Å². The van der Waals surface area contributed by atoms with E-state index in [-0.39, 0.29) is 0 Å². The van der Waals surface area contributed by atoms with Gasteiger partial charge in [0, 0.05) is 0 Å². The summed E-state index contributed by atoms with van der Waals surface area (Å²) in [5.74, 6) is 0. The van der Waals surface area contributed by atoms with Gasteiger partial charge in [0.15, 0.2) is 0 Å². The van der Waals surface area contributed by atoms with Crippen LogP contribution in [0.3, 0.4) is 0 Å². The third-order valence-electron chi connectivity index (χ3n) is 2.43. The summed E-state index contributed by atoms with van der Waals surface area (Å²) in [7, 11) is 0. The van der Waals surface area contributed by atoms with E-state index < -0.39 is 0 Å². The Hall–Kier alpha value is -0.780. The van der Waals surface area contributed by atoms with Crippen LogP contribution in [0.2, 0.25) is 0 Å². The SMILES string of the molecule is C=CCCCC=C(C)C.C=CCCCCCC. The largest absolute Gasteiger partial charge is 0.103 e. The van der Waals surface area contributed by atoms with Gasteiger partial charge in [-0.2, -0.15) is 0 Å². The maximum Gasteiger partial charge on any atom is -0.0345 e. The predicted octanol–water partition coefficient (Wildman–Crippen LogP) is 6.45. The monoisotopic (exact) mass is 236 g/mol. The second-order valence-electron chi connectivity index (χ2n) is 4.64. The highest BCUT2D eigenvalue weighted by Gasteiger charge is 1.81. The van der Waals surface area contributed by atoms with Crippen molar-refractivity contribution >= 4 is 0 Å². The van der Waals surface area contributed by atoms with Crippen LogP contribution in [-0.2, 0) is 0 Å². The molecule has 0 heterocycles. The van der Waals surface area contributed by atoms with Crippen molar-refractivity contribution in [2.45, 2.75) is 72.1 Å². The Morgan fingerprint density at radius 3 is 1.88 bits per heavy atom. The van der Waals surface area contributed by atoms with Crippen LogP contribution in [0.4, 0.5) is 0 Å². The predicted molar refractivity (Wildman–Crippen MR) is 82.4 cm³/mol. The lowest BCUT2D eigenvalue weighted by molar-refractivity contribution is 0.675. The van der Waals surface area contributed by atoms with E-state index >= 15 is 0 Å². The Morgan fingerprint density at radius 1 is 0.824 bits per heavy atom. The summed E-state index contributed by atoms with van der Waals surface area (Å²) in [6, 6.07) is 0. The van der Waals surface area contributed by atoms with Crippen LogP contribution >= 0.6 is 0 Å². The van der Waals surface area contributed by atoms with Crippen molar-refractivity contribution in [2.24, 2.45) is 0 Å². The number of unbranched alkanes of at least 4 members (excludes halogenated alkanes) is 6. The van der Waals surface area contributed by atoms with Gasteiger partial charge < -0.3 is 0 Å². The summed E-state index contributed by atoms with van der Waals surface area (Å²) in [6.07, 6.45) is 16.4. The molecule has 0 amide bonds. The first kappa shape index (κ1) is 18.6. The third-order valence-corrected chi connectivity index (χ3v) is 2.43. The van der Waals surface area contributed by atoms with Gasteiger partial charge in [-0.3, -0.25) is 0 Å². The Balaban J connectivity index is 0. The Kier molecular flexibility index (Phi) is 19.2. The standard InChI is InChI=1S/C9H16.C8H16/c1-4-5-6-7-8-9(2)3;1-3-5-7-8-6-4-2/h4,8H,1,5-7H2,2-3H3;3H,1,4-8H2,2H3. The topological polar surface area (TPSA) is 0 Å². The van der Waals surface area contributed by atoms with E-state index in [9.17, 15) is 0 Å². The van der Waals surface area contributed by atoms with Crippen molar-refractivity contribution in [3.63, 3.8) is 0 Å².